The first kappa shape index (κ1) is 20.8. The summed E-state index contributed by atoms with van der Waals surface area (Å²) in [7, 11) is 0. The predicted octanol–water partition coefficient (Wildman–Crippen LogP) is 2.05. The van der Waals surface area contributed by atoms with Crippen molar-refractivity contribution in [3.05, 3.63) is 21.9 Å². The fourth-order valence-electron chi connectivity index (χ4n) is 4.51. The monoisotopic (exact) mass is 421 g/mol. The zero-order chi connectivity index (χ0) is 20.3. The Balaban J connectivity index is 1.14. The molecule has 2 saturated heterocycles. The molecule has 7 nitrogen and oxygen atoms in total. The number of aryl methyl sites for hydroxylation is 1. The molecule has 0 atom stereocenters. The highest BCUT2D eigenvalue weighted by molar-refractivity contribution is 7.13. The van der Waals surface area contributed by atoms with Crippen LogP contribution in [-0.2, 0) is 14.3 Å². The minimum Gasteiger partial charge on any atom is -0.352 e. The lowest BCUT2D eigenvalue weighted by Crippen LogP contribution is -2.49. The van der Waals surface area contributed by atoms with E-state index in [2.05, 4.69) is 15.5 Å². The van der Waals surface area contributed by atoms with Crippen molar-refractivity contribution < 1.29 is 19.1 Å². The Morgan fingerprint density at radius 2 is 1.72 bits per heavy atom. The summed E-state index contributed by atoms with van der Waals surface area (Å²) in [5, 5.41) is 6.31. The van der Waals surface area contributed by atoms with E-state index in [-0.39, 0.29) is 29.7 Å². The van der Waals surface area contributed by atoms with E-state index in [4.69, 9.17) is 9.47 Å². The molecule has 8 heteroatoms. The molecule has 2 N–H and O–H groups in total. The van der Waals surface area contributed by atoms with Gasteiger partial charge in [0.25, 0.3) is 5.91 Å². The maximum atomic E-state index is 12.5. The maximum absolute atomic E-state index is 12.5. The number of carbonyl (C=O) groups is 2. The number of rotatable bonds is 5. The van der Waals surface area contributed by atoms with Gasteiger partial charge in [-0.2, -0.15) is 0 Å². The standard InChI is InChI=1S/C21H31N3O4S/c1-15-2-3-18(29-15)20(26)23-17-6-10-24(11-7-17)14-19(25)22-16-4-8-21(9-5-16)27-12-13-28-21/h2-3,16-17H,4-14H2,1H3,(H,22,25)(H,23,26). The Labute approximate surface area is 176 Å². The third kappa shape index (κ3) is 5.36. The first-order chi connectivity index (χ1) is 14.0. The van der Waals surface area contributed by atoms with Gasteiger partial charge in [-0.25, -0.2) is 0 Å². The van der Waals surface area contributed by atoms with Gasteiger partial charge in [0.05, 0.1) is 24.6 Å². The molecule has 1 aliphatic carbocycles. The normalized spacial score (nSPS) is 23.3. The van der Waals surface area contributed by atoms with Crippen molar-refractivity contribution in [3.63, 3.8) is 0 Å². The average molecular weight is 422 g/mol. The van der Waals surface area contributed by atoms with Crippen LogP contribution < -0.4 is 10.6 Å². The van der Waals surface area contributed by atoms with Gasteiger partial charge in [0.15, 0.2) is 5.79 Å². The quantitative estimate of drug-likeness (QED) is 0.761. The lowest BCUT2D eigenvalue weighted by atomic mass is 9.90. The van der Waals surface area contributed by atoms with Crippen molar-refractivity contribution in [3.8, 4) is 0 Å². The van der Waals surface area contributed by atoms with Gasteiger partial charge in [0.1, 0.15) is 0 Å². The second-order valence-corrected chi connectivity index (χ2v) is 9.67. The summed E-state index contributed by atoms with van der Waals surface area (Å²) in [6.45, 7) is 5.46. The fourth-order valence-corrected chi connectivity index (χ4v) is 5.28. The molecular weight excluding hydrogens is 390 g/mol. The molecule has 0 radical (unpaired) electrons. The van der Waals surface area contributed by atoms with Crippen molar-refractivity contribution in [2.24, 2.45) is 0 Å². The van der Waals surface area contributed by atoms with Crippen LogP contribution in [0.3, 0.4) is 0 Å². The minimum atomic E-state index is -0.380. The number of hydrogen-bond donors (Lipinski definition) is 2. The van der Waals surface area contributed by atoms with Crippen molar-refractivity contribution in [2.45, 2.75) is 63.3 Å². The van der Waals surface area contributed by atoms with Crippen LogP contribution >= 0.6 is 11.3 Å². The van der Waals surface area contributed by atoms with Gasteiger partial charge in [0, 0.05) is 42.9 Å². The van der Waals surface area contributed by atoms with Crippen molar-refractivity contribution in [1.82, 2.24) is 15.5 Å². The van der Waals surface area contributed by atoms with Crippen LogP contribution in [0, 0.1) is 6.92 Å². The molecule has 2 amide bonds. The van der Waals surface area contributed by atoms with Crippen LogP contribution in [0.25, 0.3) is 0 Å². The third-order valence-electron chi connectivity index (χ3n) is 6.18. The van der Waals surface area contributed by atoms with Gasteiger partial charge in [-0.1, -0.05) is 0 Å². The molecule has 2 aliphatic heterocycles. The summed E-state index contributed by atoms with van der Waals surface area (Å²) in [4.78, 5) is 28.9. The smallest absolute Gasteiger partial charge is 0.261 e. The molecule has 160 valence electrons. The molecule has 4 rings (SSSR count). The van der Waals surface area contributed by atoms with Crippen LogP contribution in [0.5, 0.6) is 0 Å². The molecule has 1 aromatic rings. The summed E-state index contributed by atoms with van der Waals surface area (Å²) in [6, 6.07) is 4.25. The summed E-state index contributed by atoms with van der Waals surface area (Å²) in [5.41, 5.74) is 0. The second-order valence-electron chi connectivity index (χ2n) is 8.38. The first-order valence-electron chi connectivity index (χ1n) is 10.7. The highest BCUT2D eigenvalue weighted by Gasteiger charge is 2.40. The molecule has 1 saturated carbocycles. The summed E-state index contributed by atoms with van der Waals surface area (Å²) >= 11 is 1.52. The lowest BCUT2D eigenvalue weighted by Gasteiger charge is -2.36. The highest BCUT2D eigenvalue weighted by atomic mass is 32.1. The van der Waals surface area contributed by atoms with E-state index in [0.717, 1.165) is 61.4 Å². The Bertz CT molecular complexity index is 713. The summed E-state index contributed by atoms with van der Waals surface area (Å²) in [5.74, 6) is -0.268. The zero-order valence-electron chi connectivity index (χ0n) is 17.1. The van der Waals surface area contributed by atoms with E-state index < -0.39 is 0 Å². The largest absolute Gasteiger partial charge is 0.352 e. The third-order valence-corrected chi connectivity index (χ3v) is 7.18. The van der Waals surface area contributed by atoms with Crippen LogP contribution in [0.4, 0.5) is 0 Å². The molecule has 1 aromatic heterocycles. The highest BCUT2D eigenvalue weighted by Crippen LogP contribution is 2.35. The Morgan fingerprint density at radius 3 is 2.34 bits per heavy atom. The molecule has 29 heavy (non-hydrogen) atoms. The number of nitrogens with zero attached hydrogens (tertiary/aromatic N) is 1. The topological polar surface area (TPSA) is 79.9 Å². The van der Waals surface area contributed by atoms with E-state index in [1.165, 1.54) is 11.3 Å². The molecule has 0 unspecified atom stereocenters. The Kier molecular flexibility index (Phi) is 6.53. The number of nitrogens with one attached hydrogen (secondary N) is 2. The predicted molar refractivity (Wildman–Crippen MR) is 111 cm³/mol. The number of piperidine rings is 1. The molecule has 1 spiro atoms. The molecule has 3 fully saturated rings. The van der Waals surface area contributed by atoms with E-state index in [9.17, 15) is 9.59 Å². The molecule has 0 aromatic carbocycles. The first-order valence-corrected chi connectivity index (χ1v) is 11.5. The van der Waals surface area contributed by atoms with E-state index in [0.29, 0.717) is 19.8 Å². The van der Waals surface area contributed by atoms with Gasteiger partial charge in [-0.3, -0.25) is 14.5 Å². The SMILES string of the molecule is Cc1ccc(C(=O)NC2CCN(CC(=O)NC3CCC4(CC3)OCCO4)CC2)s1. The van der Waals surface area contributed by atoms with Crippen LogP contribution in [0.1, 0.15) is 53.1 Å². The Morgan fingerprint density at radius 1 is 1.07 bits per heavy atom. The van der Waals surface area contributed by atoms with Gasteiger partial charge >= 0.3 is 0 Å². The van der Waals surface area contributed by atoms with Crippen LogP contribution in [0.15, 0.2) is 12.1 Å². The van der Waals surface area contributed by atoms with Gasteiger partial charge in [-0.15, -0.1) is 11.3 Å². The fraction of sp³-hybridized carbons (Fsp3) is 0.714. The number of hydrogen-bond acceptors (Lipinski definition) is 6. The molecule has 3 heterocycles. The van der Waals surface area contributed by atoms with Gasteiger partial charge < -0.3 is 20.1 Å². The Hall–Kier alpha value is -1.48. The van der Waals surface area contributed by atoms with Crippen molar-refractivity contribution >= 4 is 23.2 Å². The van der Waals surface area contributed by atoms with Crippen molar-refractivity contribution in [2.75, 3.05) is 32.8 Å². The second kappa shape index (κ2) is 9.12. The van der Waals surface area contributed by atoms with Gasteiger partial charge in [0.2, 0.25) is 5.91 Å². The van der Waals surface area contributed by atoms with E-state index >= 15 is 0 Å². The zero-order valence-corrected chi connectivity index (χ0v) is 17.9. The minimum absolute atomic E-state index is 0.0181. The summed E-state index contributed by atoms with van der Waals surface area (Å²) < 4.78 is 11.5. The number of likely N-dealkylation sites (tertiary alicyclic amines) is 1. The van der Waals surface area contributed by atoms with Crippen LogP contribution in [0.2, 0.25) is 0 Å². The molecular formula is C21H31N3O4S. The number of thiophene rings is 1. The number of carbonyl (C=O) groups excluding carboxylic acids is 2. The molecule has 0 bridgehead atoms. The van der Waals surface area contributed by atoms with Crippen LogP contribution in [-0.4, -0.2) is 67.4 Å². The van der Waals surface area contributed by atoms with Crippen molar-refractivity contribution in [1.29, 1.82) is 0 Å². The number of amides is 2. The average Bonchev–Trinajstić information content (AvgIpc) is 3.35. The van der Waals surface area contributed by atoms with E-state index in [1.54, 1.807) is 0 Å². The summed E-state index contributed by atoms with van der Waals surface area (Å²) in [6.07, 6.45) is 5.28. The molecule has 3 aliphatic rings. The van der Waals surface area contributed by atoms with E-state index in [1.807, 2.05) is 19.1 Å². The maximum Gasteiger partial charge on any atom is 0.261 e. The number of ether oxygens (including phenoxy) is 2. The lowest BCUT2D eigenvalue weighted by molar-refractivity contribution is -0.180. The van der Waals surface area contributed by atoms with Gasteiger partial charge in [-0.05, 0) is 44.7 Å².